The molecule has 1 saturated heterocycles. The fourth-order valence-electron chi connectivity index (χ4n) is 3.96. The van der Waals surface area contributed by atoms with Gasteiger partial charge >= 0.3 is 0 Å². The molecule has 120 valence electrons. The molecule has 0 aromatic rings. The molecule has 1 unspecified atom stereocenters. The number of unbranched alkanes of at least 4 members (excludes halogenated alkanes) is 6. The van der Waals surface area contributed by atoms with Crippen LogP contribution in [0.3, 0.4) is 0 Å². The maximum Gasteiger partial charge on any atom is -0.00461 e. The molecule has 1 heterocycles. The second-order valence-electron chi connectivity index (χ2n) is 7.30. The molecule has 1 aliphatic rings. The first-order valence-corrected chi connectivity index (χ1v) is 9.43. The Balaban J connectivity index is 2.40. The van der Waals surface area contributed by atoms with Crippen LogP contribution in [0.2, 0.25) is 0 Å². The Hall–Kier alpha value is -0.0400. The topological polar surface area (TPSA) is 12.0 Å². The molecule has 20 heavy (non-hydrogen) atoms. The minimum atomic E-state index is 0.628. The van der Waals surface area contributed by atoms with Gasteiger partial charge in [0.15, 0.2) is 0 Å². The molecule has 0 aromatic heterocycles. The van der Waals surface area contributed by atoms with Crippen LogP contribution in [0, 0.1) is 11.3 Å². The molecule has 0 aromatic carbocycles. The standard InChI is InChI=1S/C19H39N/c1-4-6-8-9-11-15-19(3,14-10-7-5-2)18-12-16-20-17-13-18/h18,20H,4-17H2,1-3H3. The highest BCUT2D eigenvalue weighted by molar-refractivity contribution is 4.85. The Morgan fingerprint density at radius 1 is 0.800 bits per heavy atom. The van der Waals surface area contributed by atoms with E-state index in [4.69, 9.17) is 0 Å². The quantitative estimate of drug-likeness (QED) is 0.463. The Labute approximate surface area is 128 Å². The molecule has 1 heteroatoms. The van der Waals surface area contributed by atoms with Gasteiger partial charge in [0.1, 0.15) is 0 Å². The molecule has 0 spiro atoms. The summed E-state index contributed by atoms with van der Waals surface area (Å²) in [6.45, 7) is 9.75. The smallest absolute Gasteiger partial charge is 0.00461 e. The third kappa shape index (κ3) is 6.61. The van der Waals surface area contributed by atoms with Gasteiger partial charge in [-0.25, -0.2) is 0 Å². The van der Waals surface area contributed by atoms with Crippen LogP contribution in [-0.2, 0) is 0 Å². The van der Waals surface area contributed by atoms with Gasteiger partial charge in [0, 0.05) is 0 Å². The fourth-order valence-corrected chi connectivity index (χ4v) is 3.96. The third-order valence-corrected chi connectivity index (χ3v) is 5.53. The van der Waals surface area contributed by atoms with Crippen LogP contribution in [0.25, 0.3) is 0 Å². The zero-order chi connectivity index (χ0) is 14.7. The third-order valence-electron chi connectivity index (χ3n) is 5.53. The average Bonchev–Trinajstić information content (AvgIpc) is 2.48. The summed E-state index contributed by atoms with van der Waals surface area (Å²) in [5, 5.41) is 3.54. The number of hydrogen-bond acceptors (Lipinski definition) is 1. The lowest BCUT2D eigenvalue weighted by molar-refractivity contribution is 0.111. The molecule has 1 fully saturated rings. The van der Waals surface area contributed by atoms with Crippen LogP contribution in [0.5, 0.6) is 0 Å². The van der Waals surface area contributed by atoms with Gasteiger partial charge in [-0.05, 0) is 50.1 Å². The van der Waals surface area contributed by atoms with E-state index in [0.717, 1.165) is 5.92 Å². The molecule has 0 bridgehead atoms. The van der Waals surface area contributed by atoms with E-state index in [1.165, 1.54) is 90.1 Å². The summed E-state index contributed by atoms with van der Waals surface area (Å²) in [5.41, 5.74) is 0.628. The molecule has 1 rings (SSSR count). The lowest BCUT2D eigenvalue weighted by atomic mass is 9.67. The number of rotatable bonds is 11. The van der Waals surface area contributed by atoms with Crippen molar-refractivity contribution in [3.05, 3.63) is 0 Å². The fraction of sp³-hybridized carbons (Fsp3) is 1.00. The van der Waals surface area contributed by atoms with Crippen molar-refractivity contribution in [3.8, 4) is 0 Å². The highest BCUT2D eigenvalue weighted by Gasteiger charge is 2.33. The van der Waals surface area contributed by atoms with E-state index >= 15 is 0 Å². The van der Waals surface area contributed by atoms with Gasteiger partial charge in [0.2, 0.25) is 0 Å². The maximum atomic E-state index is 3.54. The first kappa shape index (κ1) is 18.0. The highest BCUT2D eigenvalue weighted by atomic mass is 14.9. The molecular formula is C19H39N. The molecule has 1 aliphatic heterocycles. The zero-order valence-electron chi connectivity index (χ0n) is 14.5. The largest absolute Gasteiger partial charge is 0.317 e. The van der Waals surface area contributed by atoms with Gasteiger partial charge in [-0.15, -0.1) is 0 Å². The Morgan fingerprint density at radius 3 is 1.90 bits per heavy atom. The van der Waals surface area contributed by atoms with E-state index in [9.17, 15) is 0 Å². The van der Waals surface area contributed by atoms with Crippen LogP contribution in [0.15, 0.2) is 0 Å². The second kappa shape index (κ2) is 10.7. The molecule has 0 radical (unpaired) electrons. The number of piperidine rings is 1. The summed E-state index contributed by atoms with van der Waals surface area (Å²) < 4.78 is 0. The first-order chi connectivity index (χ1) is 9.73. The van der Waals surface area contributed by atoms with E-state index < -0.39 is 0 Å². The van der Waals surface area contributed by atoms with Crippen molar-refractivity contribution in [2.24, 2.45) is 11.3 Å². The van der Waals surface area contributed by atoms with E-state index in [1.54, 1.807) is 0 Å². The molecule has 1 atom stereocenters. The van der Waals surface area contributed by atoms with Crippen molar-refractivity contribution in [3.63, 3.8) is 0 Å². The van der Waals surface area contributed by atoms with E-state index in [1.807, 2.05) is 0 Å². The van der Waals surface area contributed by atoms with Crippen LogP contribution < -0.4 is 5.32 Å². The molecule has 1 nitrogen and oxygen atoms in total. The molecule has 1 N–H and O–H groups in total. The van der Waals surface area contributed by atoms with Gasteiger partial charge in [-0.2, -0.15) is 0 Å². The zero-order valence-corrected chi connectivity index (χ0v) is 14.5. The van der Waals surface area contributed by atoms with Gasteiger partial charge in [0.05, 0.1) is 0 Å². The lowest BCUT2D eigenvalue weighted by Crippen LogP contribution is -2.37. The molecule has 0 saturated carbocycles. The Morgan fingerprint density at radius 2 is 1.30 bits per heavy atom. The van der Waals surface area contributed by atoms with Gasteiger partial charge < -0.3 is 5.32 Å². The molecule has 0 aliphatic carbocycles. The van der Waals surface area contributed by atoms with Crippen molar-refractivity contribution < 1.29 is 0 Å². The van der Waals surface area contributed by atoms with Crippen molar-refractivity contribution in [2.45, 2.75) is 97.8 Å². The predicted molar refractivity (Wildman–Crippen MR) is 91.2 cm³/mol. The van der Waals surface area contributed by atoms with Crippen molar-refractivity contribution in [1.29, 1.82) is 0 Å². The van der Waals surface area contributed by atoms with Crippen LogP contribution in [-0.4, -0.2) is 13.1 Å². The van der Waals surface area contributed by atoms with Crippen molar-refractivity contribution in [1.82, 2.24) is 5.32 Å². The summed E-state index contributed by atoms with van der Waals surface area (Å²) in [7, 11) is 0. The normalized spacial score (nSPS) is 19.9. The van der Waals surface area contributed by atoms with Gasteiger partial charge in [0.25, 0.3) is 0 Å². The number of nitrogens with one attached hydrogen (secondary N) is 1. The SMILES string of the molecule is CCCCCCCC(C)(CCCCC)C1CCNCC1. The molecule has 0 amide bonds. The summed E-state index contributed by atoms with van der Waals surface area (Å²) in [4.78, 5) is 0. The highest BCUT2D eigenvalue weighted by Crippen LogP contribution is 2.42. The van der Waals surface area contributed by atoms with Gasteiger partial charge in [-0.1, -0.05) is 72.1 Å². The first-order valence-electron chi connectivity index (χ1n) is 9.43. The summed E-state index contributed by atoms with van der Waals surface area (Å²) >= 11 is 0. The minimum Gasteiger partial charge on any atom is -0.317 e. The maximum absolute atomic E-state index is 3.54. The summed E-state index contributed by atoms with van der Waals surface area (Å²) in [6, 6.07) is 0. The van der Waals surface area contributed by atoms with Crippen molar-refractivity contribution >= 4 is 0 Å². The molecular weight excluding hydrogens is 242 g/mol. The second-order valence-corrected chi connectivity index (χ2v) is 7.30. The van der Waals surface area contributed by atoms with Crippen molar-refractivity contribution in [2.75, 3.05) is 13.1 Å². The summed E-state index contributed by atoms with van der Waals surface area (Å²) in [6.07, 6.45) is 17.2. The monoisotopic (exact) mass is 281 g/mol. The van der Waals surface area contributed by atoms with E-state index in [2.05, 4.69) is 26.1 Å². The van der Waals surface area contributed by atoms with E-state index in [-0.39, 0.29) is 0 Å². The number of hydrogen-bond donors (Lipinski definition) is 1. The minimum absolute atomic E-state index is 0.628. The Kier molecular flexibility index (Phi) is 9.59. The van der Waals surface area contributed by atoms with Crippen LogP contribution in [0.1, 0.15) is 97.8 Å². The van der Waals surface area contributed by atoms with Crippen LogP contribution in [0.4, 0.5) is 0 Å². The average molecular weight is 282 g/mol. The summed E-state index contributed by atoms with van der Waals surface area (Å²) in [5.74, 6) is 0.979. The predicted octanol–water partition coefficient (Wildman–Crippen LogP) is 5.93. The van der Waals surface area contributed by atoms with Gasteiger partial charge in [-0.3, -0.25) is 0 Å². The lowest BCUT2D eigenvalue weighted by Gasteiger charge is -2.41. The van der Waals surface area contributed by atoms with E-state index in [0.29, 0.717) is 5.41 Å². The van der Waals surface area contributed by atoms with Crippen LogP contribution >= 0.6 is 0 Å². The Bertz CT molecular complexity index is 220.